The van der Waals surface area contributed by atoms with Gasteiger partial charge >= 0.3 is 6.09 Å². The van der Waals surface area contributed by atoms with Gasteiger partial charge in [-0.25, -0.2) is 9.78 Å². The lowest BCUT2D eigenvalue weighted by Crippen LogP contribution is -2.50. The van der Waals surface area contributed by atoms with Crippen LogP contribution in [-0.2, 0) is 22.4 Å². The molecule has 1 aliphatic heterocycles. The lowest BCUT2D eigenvalue weighted by Gasteiger charge is -2.33. The van der Waals surface area contributed by atoms with Crippen molar-refractivity contribution in [2.45, 2.75) is 32.7 Å². The number of amides is 1. The van der Waals surface area contributed by atoms with Crippen LogP contribution in [0.4, 0.5) is 4.79 Å². The van der Waals surface area contributed by atoms with Gasteiger partial charge in [-0.2, -0.15) is 0 Å². The van der Waals surface area contributed by atoms with Crippen LogP contribution in [0, 0.1) is 19.8 Å². The molecule has 1 aliphatic carbocycles. The van der Waals surface area contributed by atoms with E-state index < -0.39 is 6.09 Å². The second-order valence-electron chi connectivity index (χ2n) is 6.40. The molecule has 1 amide bonds. The molecule has 0 aromatic carbocycles. The number of ether oxygens (including phenoxy) is 2. The van der Waals surface area contributed by atoms with Gasteiger partial charge in [0.05, 0.1) is 19.3 Å². The van der Waals surface area contributed by atoms with Gasteiger partial charge in [0.15, 0.2) is 0 Å². The summed E-state index contributed by atoms with van der Waals surface area (Å²) in [6.07, 6.45) is 1.50. The van der Waals surface area contributed by atoms with E-state index in [-0.39, 0.29) is 18.6 Å². The van der Waals surface area contributed by atoms with Crippen molar-refractivity contribution in [1.82, 2.24) is 9.88 Å². The Hall–Kier alpha value is -2.15. The van der Waals surface area contributed by atoms with E-state index in [1.54, 1.807) is 0 Å². The summed E-state index contributed by atoms with van der Waals surface area (Å²) < 4.78 is 11.2. The molecule has 2 unspecified atom stereocenters. The zero-order chi connectivity index (χ0) is 17.3. The van der Waals surface area contributed by atoms with Crippen LogP contribution in [0.1, 0.15) is 22.4 Å². The van der Waals surface area contributed by atoms with Crippen molar-refractivity contribution in [2.24, 2.45) is 5.92 Å². The molecule has 1 fully saturated rings. The van der Waals surface area contributed by atoms with E-state index in [9.17, 15) is 14.7 Å². The summed E-state index contributed by atoms with van der Waals surface area (Å²) in [6, 6.07) is -0.339. The maximum absolute atomic E-state index is 11.3. The number of morpholine rings is 1. The first-order valence-electron chi connectivity index (χ1n) is 8.15. The van der Waals surface area contributed by atoms with Crippen molar-refractivity contribution in [3.63, 3.8) is 0 Å². The van der Waals surface area contributed by atoms with E-state index in [0.717, 1.165) is 41.5 Å². The minimum Gasteiger partial charge on any atom is -0.475 e. The molecule has 0 saturated carbocycles. The van der Waals surface area contributed by atoms with Crippen LogP contribution in [0.15, 0.2) is 0 Å². The molecule has 7 heteroatoms. The largest absolute Gasteiger partial charge is 0.475 e. The number of pyridine rings is 1. The highest BCUT2D eigenvalue weighted by molar-refractivity contribution is 5.65. The van der Waals surface area contributed by atoms with Crippen LogP contribution >= 0.6 is 0 Å². The van der Waals surface area contributed by atoms with Gasteiger partial charge in [-0.15, -0.1) is 0 Å². The number of aldehydes is 1. The first-order chi connectivity index (χ1) is 11.5. The van der Waals surface area contributed by atoms with Crippen LogP contribution in [0.3, 0.4) is 0 Å². The lowest BCUT2D eigenvalue weighted by atomic mass is 10.0. The number of carbonyl (C=O) groups is 2. The summed E-state index contributed by atoms with van der Waals surface area (Å²) >= 11 is 0. The second kappa shape index (κ2) is 6.76. The number of aryl methyl sites for hydroxylation is 1. The number of hydrogen-bond acceptors (Lipinski definition) is 5. The summed E-state index contributed by atoms with van der Waals surface area (Å²) in [6.45, 7) is 5.15. The Morgan fingerprint density at radius 2 is 2.17 bits per heavy atom. The third-order valence-electron chi connectivity index (χ3n) is 4.85. The molecule has 2 aliphatic rings. The molecular formula is C17H22N2O5. The number of fused-ring (bicyclic) bond motifs is 1. The Morgan fingerprint density at radius 3 is 2.88 bits per heavy atom. The van der Waals surface area contributed by atoms with Crippen LogP contribution in [-0.4, -0.2) is 59.8 Å². The van der Waals surface area contributed by atoms with Gasteiger partial charge in [-0.3, -0.25) is 4.90 Å². The third-order valence-corrected chi connectivity index (χ3v) is 4.85. The van der Waals surface area contributed by atoms with Gasteiger partial charge in [-0.1, -0.05) is 0 Å². The van der Waals surface area contributed by atoms with E-state index >= 15 is 0 Å². The average Bonchev–Trinajstić information content (AvgIpc) is 3.02. The summed E-state index contributed by atoms with van der Waals surface area (Å²) in [4.78, 5) is 28.2. The predicted octanol–water partition coefficient (Wildman–Crippen LogP) is 1.37. The standard InChI is InChI=1S/C17H22N2O5/c1-10-14-5-12(7-20)6-15(14)11(2)18-16(10)24-9-13-8-23-4-3-19(13)17(21)22/h7,12-13H,3-6,8-9H2,1-2H3,(H,21,22). The van der Waals surface area contributed by atoms with Gasteiger partial charge in [-0.05, 0) is 37.8 Å². The molecule has 24 heavy (non-hydrogen) atoms. The molecule has 1 saturated heterocycles. The van der Waals surface area contributed by atoms with Crippen LogP contribution in [0.25, 0.3) is 0 Å². The Labute approximate surface area is 140 Å². The maximum atomic E-state index is 11.3. The monoisotopic (exact) mass is 334 g/mol. The van der Waals surface area contributed by atoms with E-state index in [0.29, 0.717) is 25.6 Å². The molecule has 1 aromatic rings. The maximum Gasteiger partial charge on any atom is 0.407 e. The fourth-order valence-corrected chi connectivity index (χ4v) is 3.48. The van der Waals surface area contributed by atoms with Crippen molar-refractivity contribution < 1.29 is 24.2 Å². The quantitative estimate of drug-likeness (QED) is 0.837. The Kier molecular flexibility index (Phi) is 4.71. The highest BCUT2D eigenvalue weighted by Gasteiger charge is 2.30. The molecule has 0 radical (unpaired) electrons. The molecule has 0 spiro atoms. The topological polar surface area (TPSA) is 89.0 Å². The molecule has 130 valence electrons. The molecule has 2 heterocycles. The molecule has 7 nitrogen and oxygen atoms in total. The van der Waals surface area contributed by atoms with Crippen molar-refractivity contribution in [3.8, 4) is 5.88 Å². The number of nitrogens with zero attached hydrogens (tertiary/aromatic N) is 2. The first kappa shape index (κ1) is 16.7. The van der Waals surface area contributed by atoms with Crippen LogP contribution in [0.2, 0.25) is 0 Å². The van der Waals surface area contributed by atoms with Gasteiger partial charge in [0.25, 0.3) is 0 Å². The summed E-state index contributed by atoms with van der Waals surface area (Å²) in [5.41, 5.74) is 4.11. The zero-order valence-corrected chi connectivity index (χ0v) is 13.9. The fourth-order valence-electron chi connectivity index (χ4n) is 3.48. The van der Waals surface area contributed by atoms with E-state index in [4.69, 9.17) is 9.47 Å². The second-order valence-corrected chi connectivity index (χ2v) is 6.40. The smallest absolute Gasteiger partial charge is 0.407 e. The highest BCUT2D eigenvalue weighted by atomic mass is 16.5. The summed E-state index contributed by atoms with van der Waals surface area (Å²) in [5, 5.41) is 9.25. The SMILES string of the molecule is Cc1nc(OCC2COCCN2C(=O)O)c(C)c2c1CC(C=O)C2. The molecular weight excluding hydrogens is 312 g/mol. The Balaban J connectivity index is 1.75. The normalized spacial score (nSPS) is 23.0. The fraction of sp³-hybridized carbons (Fsp3) is 0.588. The molecule has 1 aromatic heterocycles. The lowest BCUT2D eigenvalue weighted by molar-refractivity contribution is -0.110. The minimum absolute atomic E-state index is 0.0173. The van der Waals surface area contributed by atoms with E-state index in [2.05, 4.69) is 4.98 Å². The van der Waals surface area contributed by atoms with Gasteiger partial charge in [0.2, 0.25) is 5.88 Å². The van der Waals surface area contributed by atoms with E-state index in [1.807, 2.05) is 13.8 Å². The number of aromatic nitrogens is 1. The number of carboxylic acid groups (broad SMARTS) is 1. The van der Waals surface area contributed by atoms with Crippen LogP contribution in [0.5, 0.6) is 5.88 Å². The Bertz CT molecular complexity index is 661. The van der Waals surface area contributed by atoms with Gasteiger partial charge < -0.3 is 19.4 Å². The highest BCUT2D eigenvalue weighted by Crippen LogP contribution is 2.34. The van der Waals surface area contributed by atoms with Gasteiger partial charge in [0, 0.05) is 23.7 Å². The summed E-state index contributed by atoms with van der Waals surface area (Å²) in [7, 11) is 0. The molecule has 0 bridgehead atoms. The zero-order valence-electron chi connectivity index (χ0n) is 13.9. The molecule has 3 rings (SSSR count). The number of rotatable bonds is 4. The first-order valence-corrected chi connectivity index (χ1v) is 8.15. The van der Waals surface area contributed by atoms with Crippen molar-refractivity contribution in [3.05, 3.63) is 22.4 Å². The average molecular weight is 334 g/mol. The third kappa shape index (κ3) is 3.08. The van der Waals surface area contributed by atoms with E-state index in [1.165, 1.54) is 4.90 Å². The number of carbonyl (C=O) groups excluding carboxylic acids is 1. The van der Waals surface area contributed by atoms with Gasteiger partial charge in [0.1, 0.15) is 12.9 Å². The predicted molar refractivity (Wildman–Crippen MR) is 85.5 cm³/mol. The minimum atomic E-state index is -0.962. The van der Waals surface area contributed by atoms with Crippen molar-refractivity contribution >= 4 is 12.4 Å². The molecule has 2 atom stereocenters. The van der Waals surface area contributed by atoms with Crippen LogP contribution < -0.4 is 4.74 Å². The number of hydrogen-bond donors (Lipinski definition) is 1. The summed E-state index contributed by atoms with van der Waals surface area (Å²) in [5.74, 6) is 0.539. The van der Waals surface area contributed by atoms with Crippen molar-refractivity contribution in [2.75, 3.05) is 26.4 Å². The van der Waals surface area contributed by atoms with Crippen molar-refractivity contribution in [1.29, 1.82) is 0 Å². The Morgan fingerprint density at radius 1 is 1.42 bits per heavy atom. The molecule has 1 N–H and O–H groups in total.